The molecule has 3 nitrogen and oxygen atoms in total. The normalized spacial score (nSPS) is 24.3. The second-order valence-corrected chi connectivity index (χ2v) is 8.79. The number of hydrogen-bond donors (Lipinski definition) is 1. The monoisotopic (exact) mass is 345 g/mol. The van der Waals surface area contributed by atoms with Crippen molar-refractivity contribution in [1.29, 1.82) is 0 Å². The van der Waals surface area contributed by atoms with Crippen molar-refractivity contribution in [2.24, 2.45) is 5.92 Å². The third-order valence-electron chi connectivity index (χ3n) is 3.74. The molecule has 0 aromatic heterocycles. The van der Waals surface area contributed by atoms with Gasteiger partial charge in [-0.2, -0.15) is 0 Å². The van der Waals surface area contributed by atoms with Crippen molar-refractivity contribution >= 4 is 31.5 Å². The van der Waals surface area contributed by atoms with Gasteiger partial charge >= 0.3 is 0 Å². The lowest BCUT2D eigenvalue weighted by Gasteiger charge is -2.26. The van der Waals surface area contributed by atoms with E-state index in [4.69, 9.17) is 5.73 Å². The molecule has 1 fully saturated rings. The number of anilines is 1. The van der Waals surface area contributed by atoms with Gasteiger partial charge in [0.1, 0.15) is 0 Å². The molecule has 106 valence electrons. The Hall–Kier alpha value is -0.550. The highest BCUT2D eigenvalue weighted by Crippen LogP contribution is 2.30. The van der Waals surface area contributed by atoms with Crippen LogP contribution in [0.3, 0.4) is 0 Å². The zero-order chi connectivity index (χ0) is 14.0. The fourth-order valence-corrected chi connectivity index (χ4v) is 5.39. The Morgan fingerprint density at radius 3 is 2.68 bits per heavy atom. The lowest BCUT2D eigenvalue weighted by atomic mass is 9.91. The van der Waals surface area contributed by atoms with Crippen LogP contribution in [0.5, 0.6) is 0 Å². The molecule has 5 heteroatoms. The maximum atomic E-state index is 12.5. The highest BCUT2D eigenvalue weighted by atomic mass is 79.9. The van der Waals surface area contributed by atoms with Crippen LogP contribution in [0.25, 0.3) is 0 Å². The molecular weight excluding hydrogens is 326 g/mol. The van der Waals surface area contributed by atoms with Crippen molar-refractivity contribution in [3.63, 3.8) is 0 Å². The summed E-state index contributed by atoms with van der Waals surface area (Å²) in [6, 6.07) is 5.35. The molecule has 1 aliphatic carbocycles. The van der Waals surface area contributed by atoms with Gasteiger partial charge in [0, 0.05) is 10.2 Å². The van der Waals surface area contributed by atoms with Crippen molar-refractivity contribution < 1.29 is 8.42 Å². The van der Waals surface area contributed by atoms with Crippen LogP contribution in [0.2, 0.25) is 0 Å². The first-order valence-electron chi connectivity index (χ1n) is 6.63. The summed E-state index contributed by atoms with van der Waals surface area (Å²) in [6.07, 6.45) is 3.77. The molecule has 0 amide bonds. The van der Waals surface area contributed by atoms with Crippen molar-refractivity contribution in [3.8, 4) is 0 Å². The summed E-state index contributed by atoms with van der Waals surface area (Å²) in [6.45, 7) is 2.14. The van der Waals surface area contributed by atoms with Gasteiger partial charge in [-0.3, -0.25) is 0 Å². The van der Waals surface area contributed by atoms with E-state index in [1.165, 1.54) is 0 Å². The Kier molecular flexibility index (Phi) is 4.56. The molecule has 0 saturated heterocycles. The first-order chi connectivity index (χ1) is 8.87. The largest absolute Gasteiger partial charge is 0.399 e. The number of hydrogen-bond acceptors (Lipinski definition) is 3. The van der Waals surface area contributed by atoms with Crippen LogP contribution < -0.4 is 5.73 Å². The lowest BCUT2D eigenvalue weighted by molar-refractivity contribution is 0.382. The number of sulfone groups is 1. The minimum atomic E-state index is -3.08. The molecule has 1 aromatic rings. The summed E-state index contributed by atoms with van der Waals surface area (Å²) < 4.78 is 25.8. The van der Waals surface area contributed by atoms with E-state index in [2.05, 4.69) is 22.9 Å². The Labute approximate surface area is 123 Å². The van der Waals surface area contributed by atoms with Gasteiger partial charge in [0.05, 0.1) is 11.0 Å². The summed E-state index contributed by atoms with van der Waals surface area (Å²) in [4.78, 5) is 0. The minimum absolute atomic E-state index is 0.0913. The highest BCUT2D eigenvalue weighted by molar-refractivity contribution is 9.10. The summed E-state index contributed by atoms with van der Waals surface area (Å²) in [5.74, 6) is 0.606. The number of halogens is 1. The van der Waals surface area contributed by atoms with Crippen LogP contribution >= 0.6 is 15.9 Å². The van der Waals surface area contributed by atoms with E-state index in [-0.39, 0.29) is 11.0 Å². The van der Waals surface area contributed by atoms with E-state index in [9.17, 15) is 8.42 Å². The van der Waals surface area contributed by atoms with Gasteiger partial charge in [-0.05, 0) is 42.5 Å². The van der Waals surface area contributed by atoms with Crippen molar-refractivity contribution in [1.82, 2.24) is 0 Å². The third kappa shape index (κ3) is 3.96. The van der Waals surface area contributed by atoms with Crippen LogP contribution in [0.1, 0.15) is 38.2 Å². The Balaban J connectivity index is 2.16. The van der Waals surface area contributed by atoms with Crippen molar-refractivity contribution in [2.45, 2.75) is 43.6 Å². The van der Waals surface area contributed by atoms with Gasteiger partial charge in [-0.15, -0.1) is 0 Å². The van der Waals surface area contributed by atoms with Gasteiger partial charge in [0.15, 0.2) is 9.84 Å². The molecule has 0 aliphatic heterocycles. The van der Waals surface area contributed by atoms with E-state index < -0.39 is 9.84 Å². The Morgan fingerprint density at radius 1 is 1.32 bits per heavy atom. The SMILES string of the molecule is CC1CCCC(S(=O)(=O)Cc2cc(N)cc(Br)c2)C1. The zero-order valence-electron chi connectivity index (χ0n) is 11.1. The minimum Gasteiger partial charge on any atom is -0.399 e. The molecule has 2 atom stereocenters. The van der Waals surface area contributed by atoms with Gasteiger partial charge < -0.3 is 5.73 Å². The van der Waals surface area contributed by atoms with E-state index in [1.807, 2.05) is 6.07 Å². The summed E-state index contributed by atoms with van der Waals surface area (Å²) in [5, 5.41) is -0.184. The van der Waals surface area contributed by atoms with Crippen molar-refractivity contribution in [3.05, 3.63) is 28.2 Å². The molecule has 2 unspecified atom stereocenters. The van der Waals surface area contributed by atoms with Gasteiger partial charge in [-0.1, -0.05) is 35.7 Å². The second-order valence-electron chi connectivity index (χ2n) is 5.59. The maximum Gasteiger partial charge on any atom is 0.157 e. The molecular formula is C14H20BrNO2S. The molecule has 0 radical (unpaired) electrons. The standard InChI is InChI=1S/C14H20BrNO2S/c1-10-3-2-4-14(5-10)19(17,18)9-11-6-12(15)8-13(16)7-11/h6-8,10,14H,2-5,9,16H2,1H3. The average Bonchev–Trinajstić information content (AvgIpc) is 2.26. The number of benzene rings is 1. The average molecular weight is 346 g/mol. The van der Waals surface area contributed by atoms with E-state index in [1.54, 1.807) is 12.1 Å². The van der Waals surface area contributed by atoms with Gasteiger partial charge in [0.25, 0.3) is 0 Å². The summed E-state index contributed by atoms with van der Waals surface area (Å²) >= 11 is 3.35. The predicted octanol–water partition coefficient (Wildman–Crippen LogP) is 3.52. The number of rotatable bonds is 3. The predicted molar refractivity (Wildman–Crippen MR) is 82.6 cm³/mol. The van der Waals surface area contributed by atoms with Gasteiger partial charge in [0.2, 0.25) is 0 Å². The van der Waals surface area contributed by atoms with Crippen LogP contribution in [-0.4, -0.2) is 13.7 Å². The van der Waals surface area contributed by atoms with Gasteiger partial charge in [-0.25, -0.2) is 8.42 Å². The molecule has 19 heavy (non-hydrogen) atoms. The Bertz CT molecular complexity index is 536. The first kappa shape index (κ1) is 14.9. The highest BCUT2D eigenvalue weighted by Gasteiger charge is 2.30. The van der Waals surface area contributed by atoms with Crippen LogP contribution in [0.4, 0.5) is 5.69 Å². The zero-order valence-corrected chi connectivity index (χ0v) is 13.5. The second kappa shape index (κ2) is 5.83. The quantitative estimate of drug-likeness (QED) is 0.852. The van der Waals surface area contributed by atoms with Crippen molar-refractivity contribution in [2.75, 3.05) is 5.73 Å². The van der Waals surface area contributed by atoms with E-state index >= 15 is 0 Å². The van der Waals surface area contributed by atoms with Crippen LogP contribution in [0, 0.1) is 5.92 Å². The van der Waals surface area contributed by atoms with Crippen LogP contribution in [0.15, 0.2) is 22.7 Å². The number of nitrogens with two attached hydrogens (primary N) is 1. The Morgan fingerprint density at radius 2 is 2.05 bits per heavy atom. The third-order valence-corrected chi connectivity index (χ3v) is 6.38. The smallest absolute Gasteiger partial charge is 0.157 e. The molecule has 1 aromatic carbocycles. The molecule has 0 bridgehead atoms. The molecule has 0 heterocycles. The number of nitrogen functional groups attached to an aromatic ring is 1. The first-order valence-corrected chi connectivity index (χ1v) is 9.14. The van der Waals surface area contributed by atoms with E-state index in [0.29, 0.717) is 11.6 Å². The molecule has 1 saturated carbocycles. The van der Waals surface area contributed by atoms with Crippen LogP contribution in [-0.2, 0) is 15.6 Å². The maximum absolute atomic E-state index is 12.5. The molecule has 2 rings (SSSR count). The molecule has 1 aliphatic rings. The molecule has 2 N–H and O–H groups in total. The topological polar surface area (TPSA) is 60.2 Å². The lowest BCUT2D eigenvalue weighted by Crippen LogP contribution is -2.28. The molecule has 0 spiro atoms. The fraction of sp³-hybridized carbons (Fsp3) is 0.571. The van der Waals surface area contributed by atoms with E-state index in [0.717, 1.165) is 35.7 Å². The summed E-state index contributed by atoms with van der Waals surface area (Å²) in [5.41, 5.74) is 7.12. The summed E-state index contributed by atoms with van der Waals surface area (Å²) in [7, 11) is -3.08. The fourth-order valence-electron chi connectivity index (χ4n) is 2.81.